The number of rotatable bonds is 0. The fourth-order valence-corrected chi connectivity index (χ4v) is 5.71. The Bertz CT molecular complexity index is 602. The van der Waals surface area contributed by atoms with Gasteiger partial charge in [-0.05, 0) is 86.7 Å². The van der Waals surface area contributed by atoms with Gasteiger partial charge in [-0.15, -0.1) is 0 Å². The molecule has 2 heteroatoms. The van der Waals surface area contributed by atoms with Crippen LogP contribution in [-0.4, -0.2) is 23.4 Å². The number of fused-ring (bicyclic) bond motifs is 5. The maximum atomic E-state index is 13.0. The molecule has 2 atom stereocenters. The maximum Gasteiger partial charge on any atom is 0.223 e. The Labute approximate surface area is 153 Å². The molecule has 25 heavy (non-hydrogen) atoms. The molecule has 5 rings (SSSR count). The number of carbonyl (C=O) groups excluding carboxylic acids is 1. The summed E-state index contributed by atoms with van der Waals surface area (Å²) >= 11 is 0. The first-order valence-electron chi connectivity index (χ1n) is 10.6. The quantitative estimate of drug-likeness (QED) is 0.627. The molecule has 1 aromatic carbocycles. The van der Waals surface area contributed by atoms with E-state index >= 15 is 0 Å². The predicted octanol–water partition coefficient (Wildman–Crippen LogP) is 5.31. The van der Waals surface area contributed by atoms with Crippen LogP contribution in [0, 0.1) is 11.8 Å². The van der Waals surface area contributed by atoms with E-state index in [9.17, 15) is 4.79 Å². The first-order valence-corrected chi connectivity index (χ1v) is 10.6. The highest BCUT2D eigenvalue weighted by atomic mass is 16.2. The highest BCUT2D eigenvalue weighted by Gasteiger charge is 2.33. The Balaban J connectivity index is 1.61. The molecule has 1 saturated heterocycles. The van der Waals surface area contributed by atoms with E-state index in [2.05, 4.69) is 36.1 Å². The van der Waals surface area contributed by atoms with E-state index in [1.54, 1.807) is 0 Å². The summed E-state index contributed by atoms with van der Waals surface area (Å²) in [6.07, 6.45) is 12.1. The predicted molar refractivity (Wildman–Crippen MR) is 103 cm³/mol. The van der Waals surface area contributed by atoms with Crippen LogP contribution in [0.25, 0.3) is 0 Å². The molecule has 1 aromatic rings. The minimum Gasteiger partial charge on any atom is -0.339 e. The molecule has 4 aliphatic rings. The lowest BCUT2D eigenvalue weighted by atomic mass is 9.75. The number of hydrogen-bond donors (Lipinski definition) is 0. The highest BCUT2D eigenvalue weighted by molar-refractivity contribution is 5.77. The molecule has 2 nitrogen and oxygen atoms in total. The van der Waals surface area contributed by atoms with Gasteiger partial charge in [0.1, 0.15) is 0 Å². The van der Waals surface area contributed by atoms with Gasteiger partial charge in [-0.1, -0.05) is 31.2 Å². The molecular weight excluding hydrogens is 306 g/mol. The molecule has 1 saturated carbocycles. The van der Waals surface area contributed by atoms with Crippen LogP contribution in [0.3, 0.4) is 0 Å². The minimum atomic E-state index is 0.401. The summed E-state index contributed by atoms with van der Waals surface area (Å²) in [4.78, 5) is 15.3. The Kier molecular flexibility index (Phi) is 5.15. The van der Waals surface area contributed by atoms with Gasteiger partial charge in [-0.2, -0.15) is 0 Å². The third-order valence-electron chi connectivity index (χ3n) is 7.26. The van der Waals surface area contributed by atoms with Crippen molar-refractivity contribution in [1.82, 2.24) is 4.90 Å². The number of amides is 1. The van der Waals surface area contributed by atoms with Gasteiger partial charge in [0.15, 0.2) is 0 Å². The SMILES string of the molecule is CC1CCCN2C(=O)CCc3ccccc3C3CCC(CC3)CCC12. The molecule has 0 radical (unpaired) electrons. The number of aryl methyl sites for hydroxylation is 1. The van der Waals surface area contributed by atoms with Crippen molar-refractivity contribution < 1.29 is 4.79 Å². The Morgan fingerprint density at radius 1 is 0.920 bits per heavy atom. The smallest absolute Gasteiger partial charge is 0.223 e. The fourth-order valence-electron chi connectivity index (χ4n) is 5.71. The van der Waals surface area contributed by atoms with Crippen molar-refractivity contribution in [3.63, 3.8) is 0 Å². The zero-order valence-corrected chi connectivity index (χ0v) is 15.8. The van der Waals surface area contributed by atoms with E-state index in [1.807, 2.05) is 0 Å². The van der Waals surface area contributed by atoms with Crippen molar-refractivity contribution >= 4 is 5.91 Å². The van der Waals surface area contributed by atoms with Gasteiger partial charge >= 0.3 is 0 Å². The standard InChI is InChI=1S/C23H33NO/c1-17-5-4-16-24-22(17)14-10-18-8-11-20(12-9-18)21-7-3-2-6-19(21)13-15-23(24)25/h2-3,6-7,17-18,20,22H,4-5,8-16H2,1H3. The minimum absolute atomic E-state index is 0.401. The average molecular weight is 340 g/mol. The second-order valence-electron chi connectivity index (χ2n) is 8.77. The number of nitrogens with zero attached hydrogens (tertiary/aromatic N) is 1. The van der Waals surface area contributed by atoms with Crippen LogP contribution in [-0.2, 0) is 11.2 Å². The molecule has 0 spiro atoms. The lowest BCUT2D eigenvalue weighted by Gasteiger charge is -2.41. The van der Waals surface area contributed by atoms with E-state index in [-0.39, 0.29) is 0 Å². The Hall–Kier alpha value is -1.31. The van der Waals surface area contributed by atoms with Crippen molar-refractivity contribution in [2.75, 3.05) is 6.54 Å². The zero-order chi connectivity index (χ0) is 17.2. The van der Waals surface area contributed by atoms with Gasteiger partial charge in [0.05, 0.1) is 0 Å². The molecule has 2 unspecified atom stereocenters. The van der Waals surface area contributed by atoms with E-state index in [0.717, 1.165) is 24.8 Å². The molecule has 1 aliphatic carbocycles. The lowest BCUT2D eigenvalue weighted by molar-refractivity contribution is -0.136. The summed E-state index contributed by atoms with van der Waals surface area (Å²) in [5.74, 6) is 2.68. The molecule has 1 amide bonds. The summed E-state index contributed by atoms with van der Waals surface area (Å²) in [7, 11) is 0. The molecule has 2 fully saturated rings. The number of carbonyl (C=O) groups is 1. The van der Waals surface area contributed by atoms with Crippen molar-refractivity contribution in [2.45, 2.75) is 83.1 Å². The topological polar surface area (TPSA) is 20.3 Å². The zero-order valence-electron chi connectivity index (χ0n) is 15.8. The van der Waals surface area contributed by atoms with Gasteiger partial charge in [0.25, 0.3) is 0 Å². The maximum absolute atomic E-state index is 13.0. The highest BCUT2D eigenvalue weighted by Crippen LogP contribution is 2.40. The van der Waals surface area contributed by atoms with Crippen LogP contribution in [0.5, 0.6) is 0 Å². The van der Waals surface area contributed by atoms with Gasteiger partial charge in [-0.25, -0.2) is 0 Å². The molecular formula is C23H33NO. The van der Waals surface area contributed by atoms with E-state index in [4.69, 9.17) is 0 Å². The van der Waals surface area contributed by atoms with Crippen molar-refractivity contribution in [3.8, 4) is 0 Å². The Morgan fingerprint density at radius 2 is 1.68 bits per heavy atom. The van der Waals surface area contributed by atoms with Crippen LogP contribution in [0.1, 0.15) is 81.8 Å². The second-order valence-corrected chi connectivity index (χ2v) is 8.77. The number of benzene rings is 1. The van der Waals surface area contributed by atoms with Gasteiger partial charge in [-0.3, -0.25) is 4.79 Å². The van der Waals surface area contributed by atoms with Crippen molar-refractivity contribution in [2.24, 2.45) is 11.8 Å². The van der Waals surface area contributed by atoms with Crippen LogP contribution < -0.4 is 0 Å². The van der Waals surface area contributed by atoms with Gasteiger partial charge < -0.3 is 4.90 Å². The van der Waals surface area contributed by atoms with Crippen LogP contribution in [0.15, 0.2) is 24.3 Å². The molecule has 3 heterocycles. The molecule has 0 aromatic heterocycles. The monoisotopic (exact) mass is 339 g/mol. The Morgan fingerprint density at radius 3 is 2.52 bits per heavy atom. The number of hydrogen-bond acceptors (Lipinski definition) is 1. The molecule has 2 bridgehead atoms. The van der Waals surface area contributed by atoms with E-state index < -0.39 is 0 Å². The number of piperidine rings is 1. The third kappa shape index (κ3) is 3.64. The van der Waals surface area contributed by atoms with Crippen LogP contribution in [0.2, 0.25) is 0 Å². The van der Waals surface area contributed by atoms with Gasteiger partial charge in [0.2, 0.25) is 5.91 Å². The van der Waals surface area contributed by atoms with Crippen molar-refractivity contribution in [3.05, 3.63) is 35.4 Å². The van der Waals surface area contributed by atoms with E-state index in [1.165, 1.54) is 62.5 Å². The normalized spacial score (nSPS) is 33.6. The summed E-state index contributed by atoms with van der Waals surface area (Å²) in [6.45, 7) is 3.36. The average Bonchev–Trinajstić information content (AvgIpc) is 2.66. The molecule has 3 aliphatic heterocycles. The molecule has 0 N–H and O–H groups in total. The largest absolute Gasteiger partial charge is 0.339 e. The first kappa shape index (κ1) is 17.1. The molecule has 136 valence electrons. The van der Waals surface area contributed by atoms with Crippen molar-refractivity contribution in [1.29, 1.82) is 0 Å². The van der Waals surface area contributed by atoms with Gasteiger partial charge in [0, 0.05) is 19.0 Å². The van der Waals surface area contributed by atoms with Crippen LogP contribution >= 0.6 is 0 Å². The first-order chi connectivity index (χ1) is 12.2. The second kappa shape index (κ2) is 7.51. The summed E-state index contributed by atoms with van der Waals surface area (Å²) < 4.78 is 0. The van der Waals surface area contributed by atoms with Crippen LogP contribution in [0.4, 0.5) is 0 Å². The summed E-state index contributed by atoms with van der Waals surface area (Å²) in [6, 6.07) is 9.43. The van der Waals surface area contributed by atoms with E-state index in [0.29, 0.717) is 24.3 Å². The summed E-state index contributed by atoms with van der Waals surface area (Å²) in [5.41, 5.74) is 2.97. The lowest BCUT2D eigenvalue weighted by Crippen LogP contribution is -2.48. The fraction of sp³-hybridized carbons (Fsp3) is 0.696. The third-order valence-corrected chi connectivity index (χ3v) is 7.26. The summed E-state index contributed by atoms with van der Waals surface area (Å²) in [5, 5.41) is 0.